The maximum Gasteiger partial charge on any atom is 0.106 e. The summed E-state index contributed by atoms with van der Waals surface area (Å²) in [6.45, 7) is 12.4. The maximum atomic E-state index is 8.00. The summed E-state index contributed by atoms with van der Waals surface area (Å²) in [5, 5.41) is 6.58. The lowest BCUT2D eigenvalue weighted by Crippen LogP contribution is -2.27. The van der Waals surface area contributed by atoms with Crippen molar-refractivity contribution in [3.05, 3.63) is 16.1 Å². The van der Waals surface area contributed by atoms with Gasteiger partial charge in [0, 0.05) is 23.0 Å². The Labute approximate surface area is 103 Å². The van der Waals surface area contributed by atoms with Crippen LogP contribution in [0.25, 0.3) is 0 Å². The van der Waals surface area contributed by atoms with E-state index in [4.69, 9.17) is 4.79 Å². The number of thiazole rings is 1. The number of carbonyl (C=O) groups excluding carboxylic acids is 1. The van der Waals surface area contributed by atoms with Gasteiger partial charge in [-0.25, -0.2) is 4.98 Å². The zero-order valence-electron chi connectivity index (χ0n) is 11.2. The molecule has 0 aliphatic heterocycles. The zero-order chi connectivity index (χ0) is 13.1. The van der Waals surface area contributed by atoms with Crippen LogP contribution in [-0.4, -0.2) is 24.9 Å². The molecular formula is C12H24N2OS. The highest BCUT2D eigenvalue weighted by atomic mass is 32.1. The van der Waals surface area contributed by atoms with Crippen molar-refractivity contribution >= 4 is 18.1 Å². The molecule has 1 rings (SSSR count). The Morgan fingerprint density at radius 3 is 2.19 bits per heavy atom. The summed E-state index contributed by atoms with van der Waals surface area (Å²) in [5.41, 5.74) is 1.13. The second-order valence-electron chi connectivity index (χ2n) is 3.19. The predicted molar refractivity (Wildman–Crippen MR) is 72.3 cm³/mol. The van der Waals surface area contributed by atoms with Crippen LogP contribution in [0, 0.1) is 6.92 Å². The minimum atomic E-state index is 0.496. The van der Waals surface area contributed by atoms with E-state index in [-0.39, 0.29) is 0 Å². The second kappa shape index (κ2) is 10.8. The van der Waals surface area contributed by atoms with Gasteiger partial charge < -0.3 is 10.1 Å². The molecule has 16 heavy (non-hydrogen) atoms. The Balaban J connectivity index is 0. The highest BCUT2D eigenvalue weighted by molar-refractivity contribution is 7.09. The third-order valence-corrected chi connectivity index (χ3v) is 3.40. The molecule has 1 aromatic rings. The Morgan fingerprint density at radius 1 is 1.38 bits per heavy atom. The first kappa shape index (κ1) is 17.6. The molecule has 94 valence electrons. The molecule has 4 heteroatoms. The third kappa shape index (κ3) is 5.98. The molecule has 0 fully saturated rings. The number of hydrogen-bond acceptors (Lipinski definition) is 4. The van der Waals surface area contributed by atoms with Gasteiger partial charge in [0.15, 0.2) is 0 Å². The number of aryl methyl sites for hydroxylation is 1. The Kier molecular flexibility index (Phi) is 11.9. The van der Waals surface area contributed by atoms with Gasteiger partial charge in [0.05, 0.1) is 5.01 Å². The largest absolute Gasteiger partial charge is 0.317 e. The molecule has 3 nitrogen and oxygen atoms in total. The fourth-order valence-electron chi connectivity index (χ4n) is 1.05. The van der Waals surface area contributed by atoms with E-state index in [1.807, 2.05) is 34.6 Å². The molecule has 0 saturated heterocycles. The van der Waals surface area contributed by atoms with Crippen molar-refractivity contribution in [2.24, 2.45) is 0 Å². The molecule has 1 N–H and O–H groups in total. The Hall–Kier alpha value is -0.740. The number of carbonyl (C=O) groups is 1. The fourth-order valence-corrected chi connectivity index (χ4v) is 2.00. The quantitative estimate of drug-likeness (QED) is 0.888. The minimum absolute atomic E-state index is 0.496. The van der Waals surface area contributed by atoms with Crippen LogP contribution in [-0.2, 0) is 4.79 Å². The van der Waals surface area contributed by atoms with E-state index in [1.165, 1.54) is 5.01 Å². The number of hydrogen-bond donors (Lipinski definition) is 1. The zero-order valence-corrected chi connectivity index (χ0v) is 12.0. The van der Waals surface area contributed by atoms with E-state index in [2.05, 4.69) is 29.5 Å². The van der Waals surface area contributed by atoms with Crippen LogP contribution in [0.2, 0.25) is 0 Å². The van der Waals surface area contributed by atoms with Crippen LogP contribution in [0.3, 0.4) is 0 Å². The summed E-state index contributed by atoms with van der Waals surface area (Å²) in [5.74, 6) is 0.508. The van der Waals surface area contributed by atoms with E-state index >= 15 is 0 Å². The van der Waals surface area contributed by atoms with E-state index in [1.54, 1.807) is 11.3 Å². The Bertz CT molecular complexity index is 263. The first-order chi connectivity index (χ1) is 7.65. The van der Waals surface area contributed by atoms with E-state index < -0.39 is 0 Å². The fraction of sp³-hybridized carbons (Fsp3) is 0.667. The van der Waals surface area contributed by atoms with Crippen molar-refractivity contribution in [1.29, 1.82) is 0 Å². The third-order valence-electron chi connectivity index (χ3n) is 2.23. The van der Waals surface area contributed by atoms with E-state index in [9.17, 15) is 0 Å². The van der Waals surface area contributed by atoms with Crippen molar-refractivity contribution < 1.29 is 4.79 Å². The van der Waals surface area contributed by atoms with Gasteiger partial charge in [-0.15, -0.1) is 11.3 Å². The molecule has 0 radical (unpaired) electrons. The number of nitrogens with one attached hydrogen (secondary N) is 1. The summed E-state index contributed by atoms with van der Waals surface area (Å²) in [7, 11) is 1.99. The van der Waals surface area contributed by atoms with Crippen molar-refractivity contribution in [3.63, 3.8) is 0 Å². The van der Waals surface area contributed by atoms with Crippen molar-refractivity contribution in [3.8, 4) is 0 Å². The molecule has 1 heterocycles. The summed E-state index contributed by atoms with van der Waals surface area (Å²) >= 11 is 1.75. The van der Waals surface area contributed by atoms with Gasteiger partial charge in [-0.2, -0.15) is 0 Å². The molecule has 2 unspecified atom stereocenters. The number of nitrogens with zero attached hydrogens (tertiary/aromatic N) is 1. The van der Waals surface area contributed by atoms with Crippen LogP contribution in [0.4, 0.5) is 0 Å². The summed E-state index contributed by atoms with van der Waals surface area (Å²) in [6.07, 6.45) is 0. The SMILES string of the molecule is C=O.CC.CNC(C)C(C)c1nc(C)cs1. The van der Waals surface area contributed by atoms with Crippen LogP contribution in [0.15, 0.2) is 5.38 Å². The molecule has 0 aromatic carbocycles. The molecule has 0 amide bonds. The molecule has 0 bridgehead atoms. The standard InChI is InChI=1S/C9H16N2S.C2H6.CH2O/c1-6-5-12-9(11-6)7(2)8(3)10-4;2*1-2/h5,7-8,10H,1-4H3;1-2H3;1H2. The number of likely N-dealkylation sites (N-methyl/N-ethyl adjacent to an activating group) is 1. The van der Waals surface area contributed by atoms with Gasteiger partial charge in [0.1, 0.15) is 6.79 Å². The van der Waals surface area contributed by atoms with E-state index in [0.717, 1.165) is 5.69 Å². The Morgan fingerprint density at radius 2 is 1.88 bits per heavy atom. The lowest BCUT2D eigenvalue weighted by Gasteiger charge is -2.16. The van der Waals surface area contributed by atoms with Crippen LogP contribution in [0.5, 0.6) is 0 Å². The summed E-state index contributed by atoms with van der Waals surface area (Å²) < 4.78 is 0. The summed E-state index contributed by atoms with van der Waals surface area (Å²) in [6, 6.07) is 0.496. The lowest BCUT2D eigenvalue weighted by molar-refractivity contribution is -0.0979. The number of rotatable bonds is 3. The van der Waals surface area contributed by atoms with Gasteiger partial charge in [-0.05, 0) is 20.9 Å². The van der Waals surface area contributed by atoms with Crippen LogP contribution < -0.4 is 5.32 Å². The minimum Gasteiger partial charge on any atom is -0.317 e. The molecule has 0 spiro atoms. The van der Waals surface area contributed by atoms with Crippen molar-refractivity contribution in [2.75, 3.05) is 7.05 Å². The van der Waals surface area contributed by atoms with Crippen molar-refractivity contribution in [1.82, 2.24) is 10.3 Å². The topological polar surface area (TPSA) is 42.0 Å². The second-order valence-corrected chi connectivity index (χ2v) is 4.08. The van der Waals surface area contributed by atoms with Gasteiger partial charge in [0.25, 0.3) is 0 Å². The number of aromatic nitrogens is 1. The van der Waals surface area contributed by atoms with Gasteiger partial charge in [-0.3, -0.25) is 0 Å². The first-order valence-electron chi connectivity index (χ1n) is 5.53. The average molecular weight is 244 g/mol. The smallest absolute Gasteiger partial charge is 0.106 e. The van der Waals surface area contributed by atoms with Crippen molar-refractivity contribution in [2.45, 2.75) is 46.6 Å². The molecule has 1 aromatic heterocycles. The molecule has 0 aliphatic rings. The average Bonchev–Trinajstić information content (AvgIpc) is 2.79. The highest BCUT2D eigenvalue weighted by Gasteiger charge is 2.14. The maximum absolute atomic E-state index is 8.00. The van der Waals surface area contributed by atoms with Gasteiger partial charge in [-0.1, -0.05) is 20.8 Å². The van der Waals surface area contributed by atoms with Gasteiger partial charge in [0.2, 0.25) is 0 Å². The monoisotopic (exact) mass is 244 g/mol. The van der Waals surface area contributed by atoms with E-state index in [0.29, 0.717) is 12.0 Å². The normalized spacial score (nSPS) is 12.6. The lowest BCUT2D eigenvalue weighted by atomic mass is 10.1. The highest BCUT2D eigenvalue weighted by Crippen LogP contribution is 2.22. The molecular weight excluding hydrogens is 220 g/mol. The van der Waals surface area contributed by atoms with Gasteiger partial charge >= 0.3 is 0 Å². The van der Waals surface area contributed by atoms with Crippen LogP contribution in [0.1, 0.15) is 44.3 Å². The van der Waals surface area contributed by atoms with Crippen LogP contribution >= 0.6 is 11.3 Å². The first-order valence-corrected chi connectivity index (χ1v) is 6.41. The molecule has 0 saturated carbocycles. The molecule has 0 aliphatic carbocycles. The predicted octanol–water partition coefficient (Wildman–Crippen LogP) is 3.00. The molecule has 2 atom stereocenters. The summed E-state index contributed by atoms with van der Waals surface area (Å²) in [4.78, 5) is 12.5.